The van der Waals surface area contributed by atoms with E-state index in [0.717, 1.165) is 22.5 Å². The van der Waals surface area contributed by atoms with Gasteiger partial charge in [0.1, 0.15) is 0 Å². The number of hydrogen-bond acceptors (Lipinski definition) is 2. The number of carbonyl (C=O) groups is 1. The molecule has 31 heavy (non-hydrogen) atoms. The van der Waals surface area contributed by atoms with Crippen LogP contribution in [0.2, 0.25) is 0 Å². The maximum Gasteiger partial charge on any atom is 0.330 e. The molecule has 3 aromatic carbocycles. The van der Waals surface area contributed by atoms with E-state index in [-0.39, 0.29) is 12.1 Å². The molecule has 3 aromatic rings. The van der Waals surface area contributed by atoms with Gasteiger partial charge in [-0.15, -0.1) is 0 Å². The van der Waals surface area contributed by atoms with Gasteiger partial charge < -0.3 is 0 Å². The molecule has 4 rings (SSSR count). The summed E-state index contributed by atoms with van der Waals surface area (Å²) in [6.07, 6.45) is 0. The standard InChI is InChI=1S/C26H22N4O/c1-18-8-12-22(13-9-18)29-24(20-6-5-7-21(16-20)28-4)26(2,3)30(25(29)31)23-14-10-19(17-27)11-15-23/h5-16,24H,1-3H3. The molecule has 0 aromatic heterocycles. The lowest BCUT2D eigenvalue weighted by molar-refractivity contribution is 0.254. The molecule has 1 heterocycles. The van der Waals surface area contributed by atoms with Crippen molar-refractivity contribution in [3.05, 3.63) is 101 Å². The third kappa shape index (κ3) is 3.41. The molecule has 152 valence electrons. The number of hydrogen-bond donors (Lipinski definition) is 0. The van der Waals surface area contributed by atoms with E-state index in [2.05, 4.69) is 10.9 Å². The summed E-state index contributed by atoms with van der Waals surface area (Å²) in [5, 5.41) is 9.14. The monoisotopic (exact) mass is 406 g/mol. The van der Waals surface area contributed by atoms with Gasteiger partial charge >= 0.3 is 6.03 Å². The summed E-state index contributed by atoms with van der Waals surface area (Å²) in [4.78, 5) is 21.0. The zero-order chi connectivity index (χ0) is 22.2. The lowest BCUT2D eigenvalue weighted by Gasteiger charge is -2.35. The Hall–Kier alpha value is -4.09. The predicted molar refractivity (Wildman–Crippen MR) is 122 cm³/mol. The Morgan fingerprint density at radius 2 is 1.65 bits per heavy atom. The second-order valence-corrected chi connectivity index (χ2v) is 8.25. The summed E-state index contributed by atoms with van der Waals surface area (Å²) in [5.41, 5.74) is 4.03. The van der Waals surface area contributed by atoms with Crippen LogP contribution in [-0.2, 0) is 0 Å². The SMILES string of the molecule is [C-]#[N+]c1cccc(C2N(c3ccc(C)cc3)C(=O)N(c3ccc(C#N)cc3)C2(C)C)c1. The van der Waals surface area contributed by atoms with E-state index in [9.17, 15) is 4.79 Å². The molecule has 1 aliphatic rings. The Labute approximate surface area is 182 Å². The van der Waals surface area contributed by atoms with Gasteiger partial charge in [-0.3, -0.25) is 9.80 Å². The normalized spacial score (nSPS) is 17.3. The fraction of sp³-hybridized carbons (Fsp3) is 0.192. The van der Waals surface area contributed by atoms with Gasteiger partial charge in [-0.2, -0.15) is 5.26 Å². The summed E-state index contributed by atoms with van der Waals surface area (Å²) in [6, 6.07) is 24.1. The number of urea groups is 1. The Bertz CT molecular complexity index is 1210. The number of nitriles is 1. The van der Waals surface area contributed by atoms with Gasteiger partial charge in [-0.25, -0.2) is 9.64 Å². The van der Waals surface area contributed by atoms with Crippen molar-refractivity contribution < 1.29 is 4.79 Å². The minimum absolute atomic E-state index is 0.142. The number of rotatable bonds is 3. The van der Waals surface area contributed by atoms with E-state index in [1.807, 2.05) is 75.4 Å². The molecule has 1 atom stereocenters. The van der Waals surface area contributed by atoms with E-state index >= 15 is 0 Å². The van der Waals surface area contributed by atoms with Crippen molar-refractivity contribution in [2.75, 3.05) is 9.80 Å². The minimum Gasteiger partial charge on any atom is -0.286 e. The molecule has 1 aliphatic heterocycles. The third-order valence-electron chi connectivity index (χ3n) is 5.78. The van der Waals surface area contributed by atoms with Gasteiger partial charge in [-0.05, 0) is 62.7 Å². The van der Waals surface area contributed by atoms with E-state index in [0.29, 0.717) is 11.3 Å². The van der Waals surface area contributed by atoms with Crippen molar-refractivity contribution in [3.63, 3.8) is 0 Å². The average molecular weight is 406 g/mol. The Balaban J connectivity index is 1.90. The molecule has 0 N–H and O–H groups in total. The van der Waals surface area contributed by atoms with Crippen LogP contribution in [0, 0.1) is 24.8 Å². The fourth-order valence-corrected chi connectivity index (χ4v) is 4.32. The summed E-state index contributed by atoms with van der Waals surface area (Å²) >= 11 is 0. The first-order valence-corrected chi connectivity index (χ1v) is 10.0. The molecule has 2 amide bonds. The highest BCUT2D eigenvalue weighted by Gasteiger charge is 2.53. The van der Waals surface area contributed by atoms with Crippen LogP contribution in [0.3, 0.4) is 0 Å². The first-order chi connectivity index (χ1) is 14.9. The topological polar surface area (TPSA) is 51.7 Å². The Morgan fingerprint density at radius 3 is 2.26 bits per heavy atom. The summed E-state index contributed by atoms with van der Waals surface area (Å²) in [6.45, 7) is 13.5. The number of amides is 2. The van der Waals surface area contributed by atoms with Crippen molar-refractivity contribution in [2.45, 2.75) is 32.4 Å². The highest BCUT2D eigenvalue weighted by atomic mass is 16.2. The second-order valence-electron chi connectivity index (χ2n) is 8.25. The van der Waals surface area contributed by atoms with Crippen molar-refractivity contribution >= 4 is 23.1 Å². The smallest absolute Gasteiger partial charge is 0.286 e. The van der Waals surface area contributed by atoms with E-state index in [1.165, 1.54) is 0 Å². The van der Waals surface area contributed by atoms with Crippen LogP contribution in [-0.4, -0.2) is 11.6 Å². The molecule has 0 radical (unpaired) electrons. The maximum atomic E-state index is 13.8. The van der Waals surface area contributed by atoms with E-state index in [1.54, 1.807) is 28.0 Å². The van der Waals surface area contributed by atoms with E-state index in [4.69, 9.17) is 11.8 Å². The van der Waals surface area contributed by atoms with Crippen molar-refractivity contribution in [3.8, 4) is 6.07 Å². The number of aryl methyl sites for hydroxylation is 1. The van der Waals surface area contributed by atoms with Gasteiger partial charge in [0.25, 0.3) is 0 Å². The summed E-state index contributed by atoms with van der Waals surface area (Å²) in [7, 11) is 0. The van der Waals surface area contributed by atoms with Crippen molar-refractivity contribution in [2.24, 2.45) is 0 Å². The number of nitrogens with zero attached hydrogens (tertiary/aromatic N) is 4. The molecular weight excluding hydrogens is 384 g/mol. The molecule has 0 spiro atoms. The first kappa shape index (κ1) is 20.2. The summed E-state index contributed by atoms with van der Waals surface area (Å²) < 4.78 is 0. The quantitative estimate of drug-likeness (QED) is 0.474. The second kappa shape index (κ2) is 7.63. The lowest BCUT2D eigenvalue weighted by atomic mass is 9.87. The first-order valence-electron chi connectivity index (χ1n) is 10.0. The van der Waals surface area contributed by atoms with Gasteiger partial charge in [0, 0.05) is 11.4 Å². The van der Waals surface area contributed by atoms with Crippen molar-refractivity contribution in [1.82, 2.24) is 0 Å². The zero-order valence-electron chi connectivity index (χ0n) is 17.7. The van der Waals surface area contributed by atoms with Crippen LogP contribution >= 0.6 is 0 Å². The van der Waals surface area contributed by atoms with Gasteiger partial charge in [0.15, 0.2) is 5.69 Å². The van der Waals surface area contributed by atoms with Gasteiger partial charge in [0.05, 0.1) is 29.8 Å². The van der Waals surface area contributed by atoms with Crippen LogP contribution < -0.4 is 9.80 Å². The van der Waals surface area contributed by atoms with Crippen LogP contribution in [0.25, 0.3) is 4.85 Å². The maximum absolute atomic E-state index is 13.8. The van der Waals surface area contributed by atoms with Crippen LogP contribution in [0.4, 0.5) is 21.9 Å². The molecule has 0 saturated carbocycles. The Morgan fingerprint density at radius 1 is 1.00 bits per heavy atom. The predicted octanol–water partition coefficient (Wildman–Crippen LogP) is 6.38. The fourth-order valence-electron chi connectivity index (χ4n) is 4.32. The number of benzene rings is 3. The highest BCUT2D eigenvalue weighted by Crippen LogP contribution is 2.48. The summed E-state index contributed by atoms with van der Waals surface area (Å²) in [5.74, 6) is 0. The zero-order valence-corrected chi connectivity index (χ0v) is 17.7. The largest absolute Gasteiger partial charge is 0.330 e. The average Bonchev–Trinajstić information content (AvgIpc) is 2.99. The number of carbonyl (C=O) groups excluding carboxylic acids is 1. The van der Waals surface area contributed by atoms with Crippen LogP contribution in [0.15, 0.2) is 72.8 Å². The molecule has 5 nitrogen and oxygen atoms in total. The molecule has 5 heteroatoms. The molecule has 1 unspecified atom stereocenters. The van der Waals surface area contributed by atoms with Gasteiger partial charge in [-0.1, -0.05) is 42.0 Å². The van der Waals surface area contributed by atoms with Gasteiger partial charge in [0.2, 0.25) is 0 Å². The molecule has 1 fully saturated rings. The molecular formula is C26H22N4O. The number of anilines is 2. The minimum atomic E-state index is -0.614. The van der Waals surface area contributed by atoms with Crippen molar-refractivity contribution in [1.29, 1.82) is 5.26 Å². The van der Waals surface area contributed by atoms with E-state index < -0.39 is 5.54 Å². The lowest BCUT2D eigenvalue weighted by Crippen LogP contribution is -2.43. The Kier molecular flexibility index (Phi) is 4.97. The molecule has 0 bridgehead atoms. The molecule has 1 saturated heterocycles. The highest BCUT2D eigenvalue weighted by molar-refractivity contribution is 6.08. The van der Waals surface area contributed by atoms with Crippen LogP contribution in [0.5, 0.6) is 0 Å². The molecule has 0 aliphatic carbocycles. The van der Waals surface area contributed by atoms with Crippen LogP contribution in [0.1, 0.15) is 36.6 Å². The third-order valence-corrected chi connectivity index (χ3v) is 5.78.